The van der Waals surface area contributed by atoms with Crippen molar-refractivity contribution in [2.24, 2.45) is 5.73 Å². The molecule has 0 bridgehead atoms. The summed E-state index contributed by atoms with van der Waals surface area (Å²) in [5.74, 6) is -1.29. The van der Waals surface area contributed by atoms with E-state index < -0.39 is 22.0 Å². The van der Waals surface area contributed by atoms with Gasteiger partial charge in [0.05, 0.1) is 11.5 Å². The lowest BCUT2D eigenvalue weighted by atomic mass is 10.2. The molecule has 0 saturated carbocycles. The number of hydroxylamine groups is 1. The van der Waals surface area contributed by atoms with Crippen LogP contribution in [-0.2, 0) is 26.3 Å². The average Bonchev–Trinajstić information content (AvgIpc) is 2.65. The van der Waals surface area contributed by atoms with Crippen LogP contribution in [0.2, 0.25) is 0 Å². The number of carboxylic acids is 1. The van der Waals surface area contributed by atoms with Crippen molar-refractivity contribution in [1.82, 2.24) is 4.47 Å². The van der Waals surface area contributed by atoms with Crippen LogP contribution in [-0.4, -0.2) is 36.5 Å². The molecule has 27 heavy (non-hydrogen) atoms. The molecule has 0 unspecified atom stereocenters. The number of carbonyl (C=O) groups is 1. The lowest BCUT2D eigenvalue weighted by Gasteiger charge is -2.27. The summed E-state index contributed by atoms with van der Waals surface area (Å²) in [6.45, 7) is 2.01. The number of nitrogens with two attached hydrogens (primary N) is 1. The van der Waals surface area contributed by atoms with E-state index in [1.165, 1.54) is 12.1 Å². The van der Waals surface area contributed by atoms with Crippen LogP contribution in [0, 0.1) is 6.92 Å². The zero-order valence-corrected chi connectivity index (χ0v) is 15.9. The van der Waals surface area contributed by atoms with Crippen molar-refractivity contribution in [2.75, 3.05) is 6.54 Å². The summed E-state index contributed by atoms with van der Waals surface area (Å²) in [5.41, 5.74) is 7.10. The van der Waals surface area contributed by atoms with Gasteiger partial charge in [-0.3, -0.25) is 9.63 Å². The first-order valence-electron chi connectivity index (χ1n) is 8.57. The van der Waals surface area contributed by atoms with Crippen molar-refractivity contribution < 1.29 is 23.2 Å². The van der Waals surface area contributed by atoms with E-state index in [1.54, 1.807) is 36.4 Å². The van der Waals surface area contributed by atoms with E-state index in [9.17, 15) is 18.3 Å². The van der Waals surface area contributed by atoms with E-state index in [0.29, 0.717) is 10.9 Å². The number of sulfonamides is 1. The highest BCUT2D eigenvalue weighted by Crippen LogP contribution is 2.23. The van der Waals surface area contributed by atoms with Crippen molar-refractivity contribution in [2.45, 2.75) is 37.3 Å². The number of hydrogen-bond donors (Lipinski definition) is 2. The Kier molecular flexibility index (Phi) is 7.49. The Hall–Kier alpha value is -2.26. The maximum atomic E-state index is 13.1. The number of aryl methyl sites for hydroxylation is 1. The molecule has 0 heterocycles. The second-order valence-electron chi connectivity index (χ2n) is 6.12. The minimum Gasteiger partial charge on any atom is -0.480 e. The quantitative estimate of drug-likeness (QED) is 0.601. The second-order valence-corrected chi connectivity index (χ2v) is 7.90. The van der Waals surface area contributed by atoms with E-state index in [2.05, 4.69) is 0 Å². The third-order valence-corrected chi connectivity index (χ3v) is 5.68. The van der Waals surface area contributed by atoms with Gasteiger partial charge >= 0.3 is 5.97 Å². The molecular weight excluding hydrogens is 368 g/mol. The molecule has 0 amide bonds. The maximum absolute atomic E-state index is 13.1. The predicted octanol–water partition coefficient (Wildman–Crippen LogP) is 2.31. The van der Waals surface area contributed by atoms with Crippen LogP contribution >= 0.6 is 0 Å². The highest BCUT2D eigenvalue weighted by Gasteiger charge is 2.37. The SMILES string of the molecule is Cc1ccc(S(=O)(=O)N(OCc2ccccc2)[C@@H](CCCN)C(=O)O)cc1. The molecule has 0 radical (unpaired) electrons. The molecule has 0 saturated heterocycles. The summed E-state index contributed by atoms with van der Waals surface area (Å²) in [7, 11) is -4.17. The molecule has 0 aliphatic heterocycles. The Labute approximate surface area is 159 Å². The van der Waals surface area contributed by atoms with Crippen LogP contribution in [0.5, 0.6) is 0 Å². The third-order valence-electron chi connectivity index (χ3n) is 3.98. The molecule has 7 nitrogen and oxygen atoms in total. The van der Waals surface area contributed by atoms with E-state index in [-0.39, 0.29) is 24.5 Å². The van der Waals surface area contributed by atoms with E-state index >= 15 is 0 Å². The smallest absolute Gasteiger partial charge is 0.324 e. The molecule has 0 spiro atoms. The number of aliphatic carboxylic acids is 1. The van der Waals surface area contributed by atoms with Gasteiger partial charge in [-0.15, -0.1) is 0 Å². The van der Waals surface area contributed by atoms with Crippen LogP contribution in [0.15, 0.2) is 59.5 Å². The Bertz CT molecular complexity index is 838. The molecule has 8 heteroatoms. The van der Waals surface area contributed by atoms with Crippen LogP contribution in [0.25, 0.3) is 0 Å². The molecule has 146 valence electrons. The van der Waals surface area contributed by atoms with Gasteiger partial charge in [0.15, 0.2) is 0 Å². The molecule has 2 rings (SSSR count). The summed E-state index contributed by atoms with van der Waals surface area (Å²) in [6, 6.07) is 13.8. The van der Waals surface area contributed by atoms with Crippen molar-refractivity contribution in [3.63, 3.8) is 0 Å². The van der Waals surface area contributed by atoms with E-state index in [0.717, 1.165) is 11.1 Å². The van der Waals surface area contributed by atoms with Crippen molar-refractivity contribution in [1.29, 1.82) is 0 Å². The maximum Gasteiger partial charge on any atom is 0.324 e. The lowest BCUT2D eigenvalue weighted by molar-refractivity contribution is -0.166. The predicted molar refractivity (Wildman–Crippen MR) is 101 cm³/mol. The molecule has 1 atom stereocenters. The summed E-state index contributed by atoms with van der Waals surface area (Å²) >= 11 is 0. The summed E-state index contributed by atoms with van der Waals surface area (Å²) in [5, 5.41) is 9.59. The highest BCUT2D eigenvalue weighted by atomic mass is 32.2. The van der Waals surface area contributed by atoms with E-state index in [1.807, 2.05) is 13.0 Å². The van der Waals surface area contributed by atoms with Gasteiger partial charge < -0.3 is 10.8 Å². The zero-order valence-electron chi connectivity index (χ0n) is 15.1. The van der Waals surface area contributed by atoms with Gasteiger partial charge in [-0.1, -0.05) is 52.5 Å². The molecule has 0 aromatic heterocycles. The lowest BCUT2D eigenvalue weighted by Crippen LogP contribution is -2.45. The first kappa shape index (κ1) is 21.0. The Morgan fingerprint density at radius 3 is 2.33 bits per heavy atom. The number of rotatable bonds is 10. The molecule has 0 aliphatic carbocycles. The topological polar surface area (TPSA) is 110 Å². The Morgan fingerprint density at radius 2 is 1.78 bits per heavy atom. The highest BCUT2D eigenvalue weighted by molar-refractivity contribution is 7.89. The van der Waals surface area contributed by atoms with Crippen molar-refractivity contribution in [3.8, 4) is 0 Å². The number of benzene rings is 2. The van der Waals surface area contributed by atoms with Crippen LogP contribution in [0.3, 0.4) is 0 Å². The molecule has 0 aliphatic rings. The number of nitrogens with zero attached hydrogens (tertiary/aromatic N) is 1. The summed E-state index contributed by atoms with van der Waals surface area (Å²) in [4.78, 5) is 17.3. The van der Waals surface area contributed by atoms with E-state index in [4.69, 9.17) is 10.6 Å². The Morgan fingerprint density at radius 1 is 1.15 bits per heavy atom. The standard InChI is InChI=1S/C19H24N2O5S/c1-15-9-11-17(12-10-15)27(24,25)21(18(19(22)23)8-5-13-20)26-14-16-6-3-2-4-7-16/h2-4,6-7,9-12,18H,5,8,13-14,20H2,1H3,(H,22,23)/t18-/m0/s1. The normalized spacial score (nSPS) is 12.9. The third kappa shape index (κ3) is 5.61. The van der Waals surface area contributed by atoms with Gasteiger partial charge in [0.25, 0.3) is 10.0 Å². The van der Waals surface area contributed by atoms with Gasteiger partial charge in [-0.2, -0.15) is 0 Å². The van der Waals surface area contributed by atoms with Crippen LogP contribution < -0.4 is 5.73 Å². The van der Waals surface area contributed by atoms with Crippen molar-refractivity contribution in [3.05, 3.63) is 65.7 Å². The minimum atomic E-state index is -4.17. The molecule has 2 aromatic carbocycles. The van der Waals surface area contributed by atoms with Gasteiger partial charge in [-0.25, -0.2) is 8.42 Å². The molecule has 0 fully saturated rings. The van der Waals surface area contributed by atoms with Gasteiger partial charge in [-0.05, 0) is 44.0 Å². The molecular formula is C19H24N2O5S. The van der Waals surface area contributed by atoms with Gasteiger partial charge in [0.2, 0.25) is 0 Å². The largest absolute Gasteiger partial charge is 0.480 e. The molecule has 2 aromatic rings. The van der Waals surface area contributed by atoms with Crippen LogP contribution in [0.1, 0.15) is 24.0 Å². The number of carboxylic acid groups (broad SMARTS) is 1. The Balaban J connectivity index is 2.37. The van der Waals surface area contributed by atoms with Gasteiger partial charge in [0, 0.05) is 0 Å². The first-order chi connectivity index (χ1) is 12.9. The average molecular weight is 392 g/mol. The monoisotopic (exact) mass is 392 g/mol. The second kappa shape index (κ2) is 9.61. The summed E-state index contributed by atoms with van der Waals surface area (Å²) in [6.07, 6.45) is 0.400. The summed E-state index contributed by atoms with van der Waals surface area (Å²) < 4.78 is 26.8. The molecule has 3 N–H and O–H groups in total. The fraction of sp³-hybridized carbons (Fsp3) is 0.316. The minimum absolute atomic E-state index is 0.0276. The van der Waals surface area contributed by atoms with Crippen LogP contribution in [0.4, 0.5) is 0 Å². The first-order valence-corrected chi connectivity index (χ1v) is 10.0. The van der Waals surface area contributed by atoms with Gasteiger partial charge in [0.1, 0.15) is 6.04 Å². The van der Waals surface area contributed by atoms with Crippen molar-refractivity contribution >= 4 is 16.0 Å². The zero-order chi connectivity index (χ0) is 19.9. The fourth-order valence-electron chi connectivity index (χ4n) is 2.48. The fourth-order valence-corrected chi connectivity index (χ4v) is 3.89. The number of hydrogen-bond acceptors (Lipinski definition) is 5.